The van der Waals surface area contributed by atoms with Gasteiger partial charge in [-0.25, -0.2) is 0 Å². The van der Waals surface area contributed by atoms with Crippen LogP contribution in [-0.2, 0) is 9.53 Å². The van der Waals surface area contributed by atoms with Crippen LogP contribution < -0.4 is 0 Å². The van der Waals surface area contributed by atoms with E-state index in [9.17, 15) is 20.1 Å². The minimum Gasteiger partial charge on any atom is -0.394 e. The summed E-state index contributed by atoms with van der Waals surface area (Å²) in [5.41, 5.74) is 1.39. The van der Waals surface area contributed by atoms with Gasteiger partial charge in [0.2, 0.25) is 0 Å². The fourth-order valence-electron chi connectivity index (χ4n) is 4.11. The number of carbonyl (C=O) groups excluding carboxylic acids is 1. The molecule has 6 nitrogen and oxygen atoms in total. The molecule has 5 atom stereocenters. The fourth-order valence-corrected chi connectivity index (χ4v) is 4.11. The maximum atomic E-state index is 11.7. The summed E-state index contributed by atoms with van der Waals surface area (Å²) in [6.07, 6.45) is 10.6. The van der Waals surface area contributed by atoms with Crippen LogP contribution in [0.15, 0.2) is 11.6 Å². The lowest BCUT2D eigenvalue weighted by Gasteiger charge is -2.20. The van der Waals surface area contributed by atoms with E-state index >= 15 is 0 Å². The lowest BCUT2D eigenvalue weighted by atomic mass is 9.91. The second-order valence-electron chi connectivity index (χ2n) is 10.8. The van der Waals surface area contributed by atoms with Gasteiger partial charge in [0, 0.05) is 6.61 Å². The second kappa shape index (κ2) is 20.4. The van der Waals surface area contributed by atoms with Crippen molar-refractivity contribution in [3.63, 3.8) is 0 Å². The monoisotopic (exact) mass is 486 g/mol. The molecular formula is C28H54O6. The van der Waals surface area contributed by atoms with E-state index in [1.807, 2.05) is 0 Å². The van der Waals surface area contributed by atoms with E-state index in [4.69, 9.17) is 9.84 Å². The number of Topliss-reactive ketones (excluding diaryl/α,β-unsaturated/α-hetero) is 1. The molecule has 0 bridgehead atoms. The molecule has 0 heterocycles. The average Bonchev–Trinajstić information content (AvgIpc) is 2.79. The molecule has 0 aliphatic heterocycles. The van der Waals surface area contributed by atoms with Crippen molar-refractivity contribution in [2.75, 3.05) is 19.8 Å². The Labute approximate surface area is 208 Å². The predicted octanol–water partition coefficient (Wildman–Crippen LogP) is 4.81. The topological polar surface area (TPSA) is 107 Å². The van der Waals surface area contributed by atoms with Gasteiger partial charge in [0.15, 0.2) is 5.78 Å². The van der Waals surface area contributed by atoms with Crippen LogP contribution in [0.5, 0.6) is 0 Å². The number of unbranched alkanes of at least 4 members (excludes halogenated alkanes) is 1. The Kier molecular flexibility index (Phi) is 19.9. The number of hydrogen-bond acceptors (Lipinski definition) is 6. The number of rotatable bonds is 22. The minimum absolute atomic E-state index is 0.326. The molecule has 0 aromatic heterocycles. The summed E-state index contributed by atoms with van der Waals surface area (Å²) in [5, 5.41) is 37.2. The van der Waals surface area contributed by atoms with Gasteiger partial charge in [-0.3, -0.25) is 4.79 Å². The molecule has 0 saturated carbocycles. The predicted molar refractivity (Wildman–Crippen MR) is 139 cm³/mol. The van der Waals surface area contributed by atoms with Crippen LogP contribution in [0.2, 0.25) is 0 Å². The average molecular weight is 487 g/mol. The lowest BCUT2D eigenvalue weighted by Crippen LogP contribution is -2.45. The SMILES string of the molecule is C/C(=C\CCCOCC(=O)[C@H](O)[C@@H](O)[C@H](O)CO)CCCC(C)CCCC(C)CCCC(C)C. The van der Waals surface area contributed by atoms with Crippen LogP contribution in [0.25, 0.3) is 0 Å². The highest BCUT2D eigenvalue weighted by atomic mass is 16.5. The number of carbonyl (C=O) groups is 1. The largest absolute Gasteiger partial charge is 0.394 e. The molecule has 0 aliphatic carbocycles. The van der Waals surface area contributed by atoms with E-state index < -0.39 is 30.7 Å². The number of allylic oxidation sites excluding steroid dienone is 2. The van der Waals surface area contributed by atoms with E-state index in [1.165, 1.54) is 56.9 Å². The lowest BCUT2D eigenvalue weighted by molar-refractivity contribution is -0.144. The number of ketones is 1. The summed E-state index contributed by atoms with van der Waals surface area (Å²) in [5.74, 6) is 1.76. The Hall–Kier alpha value is -0.790. The number of aliphatic hydroxyl groups excluding tert-OH is 4. The third-order valence-corrected chi connectivity index (χ3v) is 6.60. The number of ether oxygens (including phenoxy) is 1. The van der Waals surface area contributed by atoms with Crippen molar-refractivity contribution in [2.45, 2.75) is 124 Å². The van der Waals surface area contributed by atoms with Crippen LogP contribution in [0.4, 0.5) is 0 Å². The Balaban J connectivity index is 3.79. The highest BCUT2D eigenvalue weighted by molar-refractivity contribution is 5.84. The standard InChI is InChI=1S/C28H54O6/c1-21(2)11-8-13-23(4)15-10-17-24(5)16-9-14-22(3)12-6-7-18-34-20-26(31)28(33)27(32)25(30)19-29/h12,21,23-25,27-30,32-33H,6-11,13-20H2,1-5H3/b22-12+/t23?,24?,25-,27+,28+/m1/s1. The normalized spacial score (nSPS) is 16.9. The summed E-state index contributed by atoms with van der Waals surface area (Å²) in [6.45, 7) is 10.9. The number of aliphatic hydroxyl groups is 4. The van der Waals surface area contributed by atoms with Crippen molar-refractivity contribution in [2.24, 2.45) is 17.8 Å². The van der Waals surface area contributed by atoms with E-state index in [-0.39, 0.29) is 6.61 Å². The van der Waals surface area contributed by atoms with Gasteiger partial charge in [0.1, 0.15) is 24.9 Å². The van der Waals surface area contributed by atoms with E-state index in [1.54, 1.807) is 0 Å². The summed E-state index contributed by atoms with van der Waals surface area (Å²) >= 11 is 0. The molecule has 2 unspecified atom stereocenters. The summed E-state index contributed by atoms with van der Waals surface area (Å²) in [4.78, 5) is 11.7. The highest BCUT2D eigenvalue weighted by Crippen LogP contribution is 2.22. The Morgan fingerprint density at radius 2 is 1.41 bits per heavy atom. The van der Waals surface area contributed by atoms with E-state index in [0.717, 1.165) is 37.0 Å². The second-order valence-corrected chi connectivity index (χ2v) is 10.8. The zero-order valence-corrected chi connectivity index (χ0v) is 22.5. The summed E-state index contributed by atoms with van der Waals surface area (Å²) in [6, 6.07) is 0. The number of hydrogen-bond donors (Lipinski definition) is 4. The minimum atomic E-state index is -1.76. The first-order chi connectivity index (χ1) is 16.1. The molecular weight excluding hydrogens is 432 g/mol. The fraction of sp³-hybridized carbons (Fsp3) is 0.893. The maximum absolute atomic E-state index is 11.7. The van der Waals surface area contributed by atoms with Gasteiger partial charge >= 0.3 is 0 Å². The zero-order chi connectivity index (χ0) is 25.9. The van der Waals surface area contributed by atoms with Crippen molar-refractivity contribution in [1.82, 2.24) is 0 Å². The quantitative estimate of drug-likeness (QED) is 0.129. The van der Waals surface area contributed by atoms with Gasteiger partial charge in [-0.05, 0) is 50.4 Å². The molecule has 34 heavy (non-hydrogen) atoms. The highest BCUT2D eigenvalue weighted by Gasteiger charge is 2.29. The molecule has 0 radical (unpaired) electrons. The first kappa shape index (κ1) is 33.2. The van der Waals surface area contributed by atoms with Crippen molar-refractivity contribution < 1.29 is 30.0 Å². The van der Waals surface area contributed by atoms with Gasteiger partial charge in [-0.1, -0.05) is 84.3 Å². The molecule has 0 fully saturated rings. The van der Waals surface area contributed by atoms with Crippen LogP contribution >= 0.6 is 0 Å². The molecule has 0 aliphatic rings. The van der Waals surface area contributed by atoms with E-state index in [0.29, 0.717) is 6.61 Å². The first-order valence-electron chi connectivity index (χ1n) is 13.5. The smallest absolute Gasteiger partial charge is 0.189 e. The Morgan fingerprint density at radius 1 is 0.853 bits per heavy atom. The molecule has 0 spiro atoms. The molecule has 0 rings (SSSR count). The maximum Gasteiger partial charge on any atom is 0.189 e. The van der Waals surface area contributed by atoms with Gasteiger partial charge in [-0.15, -0.1) is 0 Å². The molecule has 0 aromatic carbocycles. The third-order valence-electron chi connectivity index (χ3n) is 6.60. The van der Waals surface area contributed by atoms with Crippen LogP contribution in [0.1, 0.15) is 105 Å². The molecule has 0 saturated heterocycles. The Bertz CT molecular complexity index is 533. The van der Waals surface area contributed by atoms with Crippen molar-refractivity contribution in [3.8, 4) is 0 Å². The van der Waals surface area contributed by atoms with Crippen LogP contribution in [0, 0.1) is 17.8 Å². The summed E-state index contributed by atoms with van der Waals surface area (Å²) in [7, 11) is 0. The zero-order valence-electron chi connectivity index (χ0n) is 22.5. The van der Waals surface area contributed by atoms with Crippen molar-refractivity contribution in [1.29, 1.82) is 0 Å². The van der Waals surface area contributed by atoms with Crippen LogP contribution in [-0.4, -0.2) is 64.3 Å². The van der Waals surface area contributed by atoms with Gasteiger partial charge in [0.25, 0.3) is 0 Å². The molecule has 4 N–H and O–H groups in total. The van der Waals surface area contributed by atoms with Gasteiger partial charge < -0.3 is 25.2 Å². The molecule has 0 amide bonds. The Morgan fingerprint density at radius 3 is 1.97 bits per heavy atom. The van der Waals surface area contributed by atoms with Gasteiger partial charge in [-0.2, -0.15) is 0 Å². The van der Waals surface area contributed by atoms with Crippen LogP contribution in [0.3, 0.4) is 0 Å². The van der Waals surface area contributed by atoms with Crippen molar-refractivity contribution in [3.05, 3.63) is 11.6 Å². The first-order valence-corrected chi connectivity index (χ1v) is 13.5. The van der Waals surface area contributed by atoms with Gasteiger partial charge in [0.05, 0.1) is 6.61 Å². The van der Waals surface area contributed by atoms with Crippen molar-refractivity contribution >= 4 is 5.78 Å². The third kappa shape index (κ3) is 17.6. The summed E-state index contributed by atoms with van der Waals surface area (Å²) < 4.78 is 5.27. The molecule has 6 heteroatoms. The molecule has 202 valence electrons. The molecule has 0 aromatic rings. The van der Waals surface area contributed by atoms with E-state index in [2.05, 4.69) is 40.7 Å².